The first-order chi connectivity index (χ1) is 9.28. The van der Waals surface area contributed by atoms with Gasteiger partial charge >= 0.3 is 0 Å². The fraction of sp³-hybridized carbons (Fsp3) is 0.273. The maximum absolute atomic E-state index is 5.44. The molecule has 3 heterocycles. The molecule has 0 aromatic carbocycles. The highest BCUT2D eigenvalue weighted by Crippen LogP contribution is 2.23. The monoisotopic (exact) mass is 260 g/mol. The SMILES string of the molecule is Cc1ccoc1-c1noc(-c2cn(CCN)nn2)n1. The van der Waals surface area contributed by atoms with Crippen LogP contribution < -0.4 is 5.73 Å². The molecule has 0 aliphatic heterocycles. The lowest BCUT2D eigenvalue weighted by Crippen LogP contribution is -2.10. The first kappa shape index (κ1) is 11.6. The molecule has 0 spiro atoms. The topological polar surface area (TPSA) is 109 Å². The lowest BCUT2D eigenvalue weighted by molar-refractivity contribution is 0.428. The Labute approximate surface area is 108 Å². The van der Waals surface area contributed by atoms with Crippen LogP contribution in [0.4, 0.5) is 0 Å². The molecule has 0 saturated heterocycles. The summed E-state index contributed by atoms with van der Waals surface area (Å²) < 4.78 is 12.1. The second kappa shape index (κ2) is 4.65. The van der Waals surface area contributed by atoms with Crippen LogP contribution in [-0.2, 0) is 6.54 Å². The Morgan fingerprint density at radius 3 is 3.05 bits per heavy atom. The van der Waals surface area contributed by atoms with Gasteiger partial charge in [-0.15, -0.1) is 5.10 Å². The van der Waals surface area contributed by atoms with Crippen molar-refractivity contribution < 1.29 is 8.94 Å². The van der Waals surface area contributed by atoms with Gasteiger partial charge in [0, 0.05) is 6.54 Å². The molecular weight excluding hydrogens is 248 g/mol. The van der Waals surface area contributed by atoms with Gasteiger partial charge < -0.3 is 14.7 Å². The molecule has 2 N–H and O–H groups in total. The molecule has 0 aliphatic rings. The molecule has 0 amide bonds. The predicted octanol–water partition coefficient (Wildman–Crippen LogP) is 0.855. The smallest absolute Gasteiger partial charge is 0.280 e. The van der Waals surface area contributed by atoms with Crippen LogP contribution in [-0.4, -0.2) is 31.7 Å². The lowest BCUT2D eigenvalue weighted by atomic mass is 10.3. The number of nitrogens with zero attached hydrogens (tertiary/aromatic N) is 5. The fourth-order valence-corrected chi connectivity index (χ4v) is 1.66. The van der Waals surface area contributed by atoms with E-state index < -0.39 is 0 Å². The molecule has 0 radical (unpaired) electrons. The van der Waals surface area contributed by atoms with Gasteiger partial charge in [-0.05, 0) is 18.6 Å². The summed E-state index contributed by atoms with van der Waals surface area (Å²) in [5, 5.41) is 11.7. The van der Waals surface area contributed by atoms with E-state index in [9.17, 15) is 0 Å². The maximum atomic E-state index is 5.44. The number of hydrogen-bond donors (Lipinski definition) is 1. The molecule has 8 nitrogen and oxygen atoms in total. The molecule has 3 aromatic heterocycles. The van der Waals surface area contributed by atoms with Crippen LogP contribution in [0, 0.1) is 6.92 Å². The number of rotatable bonds is 4. The van der Waals surface area contributed by atoms with E-state index in [0.29, 0.717) is 36.3 Å². The minimum Gasteiger partial charge on any atom is -0.461 e. The van der Waals surface area contributed by atoms with E-state index in [1.54, 1.807) is 17.1 Å². The van der Waals surface area contributed by atoms with Crippen LogP contribution in [0.2, 0.25) is 0 Å². The summed E-state index contributed by atoms with van der Waals surface area (Å²) in [6.45, 7) is 2.99. The Bertz CT molecular complexity index is 683. The van der Waals surface area contributed by atoms with Crippen molar-refractivity contribution in [3.05, 3.63) is 24.1 Å². The molecule has 3 aromatic rings. The Morgan fingerprint density at radius 2 is 2.32 bits per heavy atom. The Hall–Kier alpha value is -2.48. The number of aryl methyl sites for hydroxylation is 1. The van der Waals surface area contributed by atoms with Gasteiger partial charge in [-0.25, -0.2) is 0 Å². The van der Waals surface area contributed by atoms with Gasteiger partial charge in [-0.2, -0.15) is 4.98 Å². The van der Waals surface area contributed by atoms with E-state index in [1.165, 1.54) is 0 Å². The summed E-state index contributed by atoms with van der Waals surface area (Å²) in [6, 6.07) is 1.84. The van der Waals surface area contributed by atoms with Gasteiger partial charge in [0.15, 0.2) is 11.5 Å². The molecule has 0 aliphatic carbocycles. The van der Waals surface area contributed by atoms with E-state index in [2.05, 4.69) is 20.5 Å². The van der Waals surface area contributed by atoms with Crippen molar-refractivity contribution in [2.75, 3.05) is 6.54 Å². The van der Waals surface area contributed by atoms with Gasteiger partial charge in [0.1, 0.15) is 0 Å². The summed E-state index contributed by atoms with van der Waals surface area (Å²) >= 11 is 0. The third kappa shape index (κ3) is 2.13. The number of furan rings is 1. The largest absolute Gasteiger partial charge is 0.461 e. The fourth-order valence-electron chi connectivity index (χ4n) is 1.66. The average Bonchev–Trinajstić information content (AvgIpc) is 3.08. The Kier molecular flexibility index (Phi) is 2.84. The standard InChI is InChI=1S/C11H12N6O2/c1-7-2-5-18-9(7)10-13-11(19-15-10)8-6-17(4-3-12)16-14-8/h2,5-6H,3-4,12H2,1H3. The average molecular weight is 260 g/mol. The highest BCUT2D eigenvalue weighted by Gasteiger charge is 2.16. The molecule has 0 bridgehead atoms. The highest BCUT2D eigenvalue weighted by molar-refractivity contribution is 5.55. The normalized spacial score (nSPS) is 11.1. The molecule has 0 fully saturated rings. The predicted molar refractivity (Wildman–Crippen MR) is 64.8 cm³/mol. The minimum absolute atomic E-state index is 0.300. The van der Waals surface area contributed by atoms with Gasteiger partial charge in [0.05, 0.1) is 19.0 Å². The summed E-state index contributed by atoms with van der Waals surface area (Å²) in [7, 11) is 0. The van der Waals surface area contributed by atoms with E-state index in [-0.39, 0.29) is 0 Å². The third-order valence-corrected chi connectivity index (χ3v) is 2.61. The van der Waals surface area contributed by atoms with Crippen LogP contribution in [0.1, 0.15) is 5.56 Å². The number of aromatic nitrogens is 5. The van der Waals surface area contributed by atoms with E-state index in [1.807, 2.05) is 13.0 Å². The number of hydrogen-bond acceptors (Lipinski definition) is 7. The Balaban J connectivity index is 1.90. The van der Waals surface area contributed by atoms with Gasteiger partial charge in [-0.3, -0.25) is 4.68 Å². The van der Waals surface area contributed by atoms with Crippen LogP contribution in [0.3, 0.4) is 0 Å². The van der Waals surface area contributed by atoms with Crippen LogP contribution >= 0.6 is 0 Å². The molecule has 3 rings (SSSR count). The third-order valence-electron chi connectivity index (χ3n) is 2.61. The zero-order valence-electron chi connectivity index (χ0n) is 10.3. The van der Waals surface area contributed by atoms with Crippen molar-refractivity contribution in [3.8, 4) is 23.2 Å². The summed E-state index contributed by atoms with van der Waals surface area (Å²) in [6.07, 6.45) is 3.29. The van der Waals surface area contributed by atoms with Crippen molar-refractivity contribution in [1.82, 2.24) is 25.1 Å². The van der Waals surface area contributed by atoms with Crippen molar-refractivity contribution in [1.29, 1.82) is 0 Å². The summed E-state index contributed by atoms with van der Waals surface area (Å²) in [5.74, 6) is 1.28. The lowest BCUT2D eigenvalue weighted by Gasteiger charge is -1.91. The minimum atomic E-state index is 0.300. The van der Waals surface area contributed by atoms with E-state index in [4.69, 9.17) is 14.7 Å². The Morgan fingerprint density at radius 1 is 1.42 bits per heavy atom. The zero-order chi connectivity index (χ0) is 13.2. The molecule has 19 heavy (non-hydrogen) atoms. The quantitative estimate of drug-likeness (QED) is 0.740. The van der Waals surface area contributed by atoms with E-state index >= 15 is 0 Å². The van der Waals surface area contributed by atoms with Crippen LogP contribution in [0.25, 0.3) is 23.2 Å². The number of nitrogens with two attached hydrogens (primary N) is 1. The molecule has 0 atom stereocenters. The van der Waals surface area contributed by atoms with Crippen molar-refractivity contribution in [2.45, 2.75) is 13.5 Å². The van der Waals surface area contributed by atoms with E-state index in [0.717, 1.165) is 5.56 Å². The van der Waals surface area contributed by atoms with Crippen LogP contribution in [0.15, 0.2) is 27.5 Å². The second-order valence-electron chi connectivity index (χ2n) is 4.01. The molecule has 0 unspecified atom stereocenters. The molecule has 8 heteroatoms. The highest BCUT2D eigenvalue weighted by atomic mass is 16.5. The van der Waals surface area contributed by atoms with Crippen molar-refractivity contribution >= 4 is 0 Å². The molecular formula is C11H12N6O2. The second-order valence-corrected chi connectivity index (χ2v) is 4.01. The van der Waals surface area contributed by atoms with Crippen LogP contribution in [0.5, 0.6) is 0 Å². The van der Waals surface area contributed by atoms with Crippen molar-refractivity contribution in [3.63, 3.8) is 0 Å². The summed E-state index contributed by atoms with van der Waals surface area (Å²) in [5.41, 5.74) is 6.90. The van der Waals surface area contributed by atoms with Gasteiger partial charge in [0.2, 0.25) is 5.82 Å². The van der Waals surface area contributed by atoms with Gasteiger partial charge in [-0.1, -0.05) is 10.4 Å². The molecule has 0 saturated carbocycles. The molecule has 98 valence electrons. The zero-order valence-corrected chi connectivity index (χ0v) is 10.3. The maximum Gasteiger partial charge on any atom is 0.280 e. The first-order valence-corrected chi connectivity index (χ1v) is 5.76. The van der Waals surface area contributed by atoms with Gasteiger partial charge in [0.25, 0.3) is 5.89 Å². The van der Waals surface area contributed by atoms with Crippen molar-refractivity contribution in [2.24, 2.45) is 5.73 Å². The first-order valence-electron chi connectivity index (χ1n) is 5.76. The summed E-state index contributed by atoms with van der Waals surface area (Å²) in [4.78, 5) is 4.24.